The predicted octanol–water partition coefficient (Wildman–Crippen LogP) is 3.77. The summed E-state index contributed by atoms with van der Waals surface area (Å²) in [5, 5.41) is 3.01. The van der Waals surface area contributed by atoms with Gasteiger partial charge in [-0.2, -0.15) is 0 Å². The van der Waals surface area contributed by atoms with Crippen LogP contribution in [0.15, 0.2) is 66.7 Å². The first-order valence-electron chi connectivity index (χ1n) is 11.1. The third kappa shape index (κ3) is 4.41. The fraction of sp³-hybridized carbons (Fsp3) is 0.259. The van der Waals surface area contributed by atoms with Crippen molar-refractivity contribution in [2.24, 2.45) is 0 Å². The van der Waals surface area contributed by atoms with Crippen molar-refractivity contribution in [3.05, 3.63) is 89.0 Å². The van der Waals surface area contributed by atoms with Crippen LogP contribution >= 0.6 is 0 Å². The van der Waals surface area contributed by atoms with Gasteiger partial charge in [-0.25, -0.2) is 0 Å². The van der Waals surface area contributed by atoms with E-state index in [4.69, 9.17) is 14.2 Å². The van der Waals surface area contributed by atoms with Crippen LogP contribution in [0.25, 0.3) is 0 Å². The van der Waals surface area contributed by atoms with Crippen LogP contribution in [0.2, 0.25) is 0 Å². The van der Waals surface area contributed by atoms with E-state index in [9.17, 15) is 9.59 Å². The lowest BCUT2D eigenvalue weighted by Gasteiger charge is -2.27. The summed E-state index contributed by atoms with van der Waals surface area (Å²) >= 11 is 0. The molecule has 3 aromatic rings. The first kappa shape index (κ1) is 23.2. The molecule has 1 aliphatic heterocycles. The topological polar surface area (TPSA) is 77.1 Å². The molecule has 1 heterocycles. The Bertz CT molecular complexity index is 1180. The zero-order valence-corrected chi connectivity index (χ0v) is 19.5. The molecule has 0 radical (unpaired) electrons. The highest BCUT2D eigenvalue weighted by Crippen LogP contribution is 2.40. The van der Waals surface area contributed by atoms with Crippen molar-refractivity contribution in [1.29, 1.82) is 0 Å². The molecule has 0 unspecified atom stereocenters. The number of hydrogen-bond acceptors (Lipinski definition) is 5. The van der Waals surface area contributed by atoms with Crippen molar-refractivity contribution in [2.75, 3.05) is 27.9 Å². The molecule has 0 aliphatic carbocycles. The zero-order valence-electron chi connectivity index (χ0n) is 19.5. The highest BCUT2D eigenvalue weighted by Gasteiger charge is 2.37. The van der Waals surface area contributed by atoms with Crippen molar-refractivity contribution >= 4 is 11.8 Å². The maximum atomic E-state index is 13.4. The third-order valence-electron chi connectivity index (χ3n) is 6.00. The molecule has 7 nitrogen and oxygen atoms in total. The second kappa shape index (κ2) is 10.3. The number of hydrogen-bond donors (Lipinski definition) is 1. The minimum atomic E-state index is -0.728. The SMILES string of the molecule is COc1ccc(CCNC(=O)[C@@H](c2ccccc2)N2Cc3ccccc3C2=O)c(OC)c1OC. The number of ether oxygens (including phenoxy) is 3. The van der Waals surface area contributed by atoms with E-state index in [1.54, 1.807) is 32.3 Å². The van der Waals surface area contributed by atoms with Crippen molar-refractivity contribution in [3.8, 4) is 17.2 Å². The largest absolute Gasteiger partial charge is 0.493 e. The molecule has 0 saturated carbocycles. The minimum absolute atomic E-state index is 0.138. The van der Waals surface area contributed by atoms with E-state index in [1.807, 2.05) is 60.7 Å². The Morgan fingerprint density at radius 1 is 0.912 bits per heavy atom. The van der Waals surface area contributed by atoms with Crippen LogP contribution in [-0.2, 0) is 17.8 Å². The molecule has 0 saturated heterocycles. The Hall–Kier alpha value is -4.00. The number of amides is 2. The average Bonchev–Trinajstić information content (AvgIpc) is 3.20. The molecule has 7 heteroatoms. The van der Waals surface area contributed by atoms with E-state index in [-0.39, 0.29) is 11.8 Å². The number of methoxy groups -OCH3 is 3. The maximum absolute atomic E-state index is 13.4. The summed E-state index contributed by atoms with van der Waals surface area (Å²) in [5.74, 6) is 1.29. The van der Waals surface area contributed by atoms with Gasteiger partial charge >= 0.3 is 0 Å². The summed E-state index contributed by atoms with van der Waals surface area (Å²) in [7, 11) is 4.70. The zero-order chi connectivity index (χ0) is 24.1. The van der Waals surface area contributed by atoms with Gasteiger partial charge < -0.3 is 24.4 Å². The molecule has 1 atom stereocenters. The highest BCUT2D eigenvalue weighted by atomic mass is 16.5. The molecule has 0 spiro atoms. The third-order valence-corrected chi connectivity index (χ3v) is 6.00. The summed E-state index contributed by atoms with van der Waals surface area (Å²) in [4.78, 5) is 28.2. The summed E-state index contributed by atoms with van der Waals surface area (Å²) in [6, 6.07) is 19.8. The Labute approximate surface area is 199 Å². The normalized spacial score (nSPS) is 13.3. The van der Waals surface area contributed by atoms with Crippen molar-refractivity contribution in [1.82, 2.24) is 10.2 Å². The molecule has 2 amide bonds. The van der Waals surface area contributed by atoms with Crippen LogP contribution in [0.5, 0.6) is 17.2 Å². The van der Waals surface area contributed by atoms with Gasteiger partial charge in [0.1, 0.15) is 6.04 Å². The van der Waals surface area contributed by atoms with E-state index >= 15 is 0 Å². The van der Waals surface area contributed by atoms with E-state index in [0.29, 0.717) is 42.3 Å². The van der Waals surface area contributed by atoms with Gasteiger partial charge in [0.2, 0.25) is 11.7 Å². The van der Waals surface area contributed by atoms with Crippen LogP contribution in [0, 0.1) is 0 Å². The molecule has 0 bridgehead atoms. The highest BCUT2D eigenvalue weighted by molar-refractivity contribution is 6.01. The van der Waals surface area contributed by atoms with Gasteiger partial charge in [-0.15, -0.1) is 0 Å². The average molecular weight is 461 g/mol. The molecule has 4 rings (SSSR count). The first-order valence-corrected chi connectivity index (χ1v) is 11.1. The molecular weight excluding hydrogens is 432 g/mol. The van der Waals surface area contributed by atoms with Gasteiger partial charge in [-0.3, -0.25) is 9.59 Å². The number of fused-ring (bicyclic) bond motifs is 1. The quantitative estimate of drug-likeness (QED) is 0.526. The molecule has 176 valence electrons. The van der Waals surface area contributed by atoms with Crippen LogP contribution in [0.4, 0.5) is 0 Å². The molecule has 0 aromatic heterocycles. The van der Waals surface area contributed by atoms with Crippen LogP contribution in [0.3, 0.4) is 0 Å². The summed E-state index contributed by atoms with van der Waals surface area (Å²) in [6.07, 6.45) is 0.519. The fourth-order valence-electron chi connectivity index (χ4n) is 4.37. The lowest BCUT2D eigenvalue weighted by Crippen LogP contribution is -2.41. The molecule has 0 fully saturated rings. The number of rotatable bonds is 9. The van der Waals surface area contributed by atoms with E-state index < -0.39 is 6.04 Å². The summed E-state index contributed by atoms with van der Waals surface area (Å²) in [6.45, 7) is 0.758. The molecule has 3 aromatic carbocycles. The second-order valence-corrected chi connectivity index (χ2v) is 7.94. The second-order valence-electron chi connectivity index (χ2n) is 7.94. The Morgan fingerprint density at radius 2 is 1.62 bits per heavy atom. The molecule has 1 aliphatic rings. The Kier molecular flexibility index (Phi) is 7.01. The monoisotopic (exact) mass is 460 g/mol. The predicted molar refractivity (Wildman–Crippen MR) is 128 cm³/mol. The van der Waals surface area contributed by atoms with Crippen LogP contribution in [0.1, 0.15) is 33.1 Å². The van der Waals surface area contributed by atoms with Crippen LogP contribution < -0.4 is 19.5 Å². The smallest absolute Gasteiger partial charge is 0.255 e. The molecular formula is C27H28N2O5. The molecule has 34 heavy (non-hydrogen) atoms. The van der Waals surface area contributed by atoms with Gasteiger partial charge in [-0.1, -0.05) is 54.6 Å². The number of nitrogens with one attached hydrogen (secondary N) is 1. The summed E-state index contributed by atoms with van der Waals surface area (Å²) in [5.41, 5.74) is 3.22. The Balaban J connectivity index is 1.53. The van der Waals surface area contributed by atoms with Gasteiger partial charge in [0.15, 0.2) is 11.5 Å². The summed E-state index contributed by atoms with van der Waals surface area (Å²) < 4.78 is 16.3. The van der Waals surface area contributed by atoms with Crippen LogP contribution in [-0.4, -0.2) is 44.6 Å². The lowest BCUT2D eigenvalue weighted by molar-refractivity contribution is -0.125. The van der Waals surface area contributed by atoms with E-state index in [1.165, 1.54) is 0 Å². The van der Waals surface area contributed by atoms with Crippen molar-refractivity contribution in [2.45, 2.75) is 19.0 Å². The van der Waals surface area contributed by atoms with Gasteiger partial charge in [0.05, 0.1) is 21.3 Å². The number of nitrogens with zero attached hydrogens (tertiary/aromatic N) is 1. The maximum Gasteiger partial charge on any atom is 0.255 e. The van der Waals surface area contributed by atoms with Gasteiger partial charge in [0.25, 0.3) is 5.91 Å². The molecule has 1 N–H and O–H groups in total. The lowest BCUT2D eigenvalue weighted by atomic mass is 10.0. The minimum Gasteiger partial charge on any atom is -0.493 e. The van der Waals surface area contributed by atoms with Gasteiger partial charge in [0, 0.05) is 24.2 Å². The first-order chi connectivity index (χ1) is 16.6. The Morgan fingerprint density at radius 3 is 2.29 bits per heavy atom. The van der Waals surface area contributed by atoms with Gasteiger partial charge in [-0.05, 0) is 29.7 Å². The fourth-order valence-corrected chi connectivity index (χ4v) is 4.37. The standard InChI is InChI=1S/C27H28N2O5/c1-32-22-14-13-19(24(33-2)25(22)34-3)15-16-28-26(30)23(18-9-5-4-6-10-18)29-17-20-11-7-8-12-21(20)27(29)31/h4-14,23H,15-17H2,1-3H3,(H,28,30)/t23-/m1/s1. The number of carbonyl (C=O) groups is 2. The number of carbonyl (C=O) groups excluding carboxylic acids is 2. The van der Waals surface area contributed by atoms with E-state index in [2.05, 4.69) is 5.32 Å². The van der Waals surface area contributed by atoms with E-state index in [0.717, 1.165) is 16.7 Å². The van der Waals surface area contributed by atoms with Crippen molar-refractivity contribution < 1.29 is 23.8 Å². The van der Waals surface area contributed by atoms with Crippen molar-refractivity contribution in [3.63, 3.8) is 0 Å². The number of benzene rings is 3.